The first-order valence-electron chi connectivity index (χ1n) is 10.9. The number of halogens is 4. The highest BCUT2D eigenvalue weighted by Gasteiger charge is 2.21. The van der Waals surface area contributed by atoms with E-state index in [4.69, 9.17) is 39.5 Å². The molecule has 4 aromatic rings. The average molecular weight is 625 g/mol. The van der Waals surface area contributed by atoms with E-state index in [-0.39, 0.29) is 40.1 Å². The molecule has 0 aliphatic rings. The fourth-order valence-corrected chi connectivity index (χ4v) is 4.45. The summed E-state index contributed by atoms with van der Waals surface area (Å²) in [4.78, 5) is 29.1. The van der Waals surface area contributed by atoms with Crippen LogP contribution < -0.4 is 10.3 Å². The van der Waals surface area contributed by atoms with Crippen molar-refractivity contribution in [1.29, 1.82) is 0 Å². The highest BCUT2D eigenvalue weighted by Crippen LogP contribution is 2.35. The van der Waals surface area contributed by atoms with E-state index in [1.54, 1.807) is 36.4 Å². The first kappa shape index (κ1) is 27.1. The second kappa shape index (κ2) is 11.2. The van der Waals surface area contributed by atoms with Gasteiger partial charge in [-0.15, -0.1) is 0 Å². The van der Waals surface area contributed by atoms with Gasteiger partial charge in [0.05, 0.1) is 32.1 Å². The van der Waals surface area contributed by atoms with Crippen molar-refractivity contribution in [3.8, 4) is 5.75 Å². The van der Waals surface area contributed by atoms with Crippen LogP contribution in [0.2, 0.25) is 15.1 Å². The number of nitrogens with zero attached hydrogens (tertiary/aromatic N) is 4. The number of nitro groups is 1. The fourth-order valence-electron chi connectivity index (χ4n) is 3.54. The SMILES string of the molecule is CC(C)c1nc2ccc(Br)cc2c(=O)n1N=Cc1cc(Cl)cc([N+](=O)[O-])c1OCc1ccc(Cl)c(Cl)c1. The van der Waals surface area contributed by atoms with E-state index in [9.17, 15) is 14.9 Å². The summed E-state index contributed by atoms with van der Waals surface area (Å²) < 4.78 is 7.74. The summed E-state index contributed by atoms with van der Waals surface area (Å²) in [5.41, 5.74) is 0.638. The van der Waals surface area contributed by atoms with E-state index in [0.717, 1.165) is 4.47 Å². The molecule has 3 aromatic carbocycles. The van der Waals surface area contributed by atoms with Crippen molar-refractivity contribution < 1.29 is 9.66 Å². The van der Waals surface area contributed by atoms with Crippen LogP contribution >= 0.6 is 50.7 Å². The third-order valence-electron chi connectivity index (χ3n) is 5.29. The largest absolute Gasteiger partial charge is 0.481 e. The number of ether oxygens (including phenoxy) is 1. The molecule has 37 heavy (non-hydrogen) atoms. The predicted molar refractivity (Wildman–Crippen MR) is 150 cm³/mol. The molecule has 0 fully saturated rings. The van der Waals surface area contributed by atoms with Gasteiger partial charge in [0, 0.05) is 27.0 Å². The Bertz CT molecular complexity index is 1620. The highest BCUT2D eigenvalue weighted by molar-refractivity contribution is 9.10. The van der Waals surface area contributed by atoms with Gasteiger partial charge >= 0.3 is 5.69 Å². The Balaban J connectivity index is 1.82. The smallest absolute Gasteiger partial charge is 0.313 e. The van der Waals surface area contributed by atoms with Crippen molar-refractivity contribution in [3.05, 3.63) is 105 Å². The second-order valence-electron chi connectivity index (χ2n) is 8.29. The quantitative estimate of drug-likeness (QED) is 0.120. The Hall–Kier alpha value is -2.98. The van der Waals surface area contributed by atoms with E-state index in [2.05, 4.69) is 26.0 Å². The van der Waals surface area contributed by atoms with Crippen LogP contribution in [0.25, 0.3) is 10.9 Å². The van der Waals surface area contributed by atoms with E-state index < -0.39 is 4.92 Å². The van der Waals surface area contributed by atoms with Crippen molar-refractivity contribution in [2.45, 2.75) is 26.4 Å². The molecule has 0 unspecified atom stereocenters. The third-order valence-corrected chi connectivity index (χ3v) is 6.74. The first-order valence-corrected chi connectivity index (χ1v) is 12.8. The average Bonchev–Trinajstić information content (AvgIpc) is 2.84. The predicted octanol–water partition coefficient (Wildman–Crippen LogP) is 7.61. The number of aromatic nitrogens is 2. The summed E-state index contributed by atoms with van der Waals surface area (Å²) in [5.74, 6) is 0.211. The molecule has 0 aliphatic heterocycles. The minimum atomic E-state index is -0.603. The standard InChI is InChI=1S/C25H18BrCl3N4O4/c1-13(2)24-31-21-6-4-16(26)9-18(21)25(34)32(24)30-11-15-8-17(27)10-22(33(35)36)23(15)37-12-14-3-5-19(28)20(29)7-14/h3-11,13H,12H2,1-2H3. The molecule has 1 heterocycles. The molecule has 0 bridgehead atoms. The Morgan fingerprint density at radius 3 is 2.57 bits per heavy atom. The fraction of sp³-hybridized carbons (Fsp3) is 0.160. The number of nitro benzene ring substituents is 1. The van der Waals surface area contributed by atoms with Crippen molar-refractivity contribution in [3.63, 3.8) is 0 Å². The van der Waals surface area contributed by atoms with E-state index in [0.29, 0.717) is 32.3 Å². The number of fused-ring (bicyclic) bond motifs is 1. The van der Waals surface area contributed by atoms with Crippen LogP contribution in [0.1, 0.15) is 36.7 Å². The van der Waals surface area contributed by atoms with E-state index in [1.807, 2.05) is 13.8 Å². The molecule has 0 saturated carbocycles. The molecule has 1 aromatic heterocycles. The third kappa shape index (κ3) is 5.96. The lowest BCUT2D eigenvalue weighted by molar-refractivity contribution is -0.385. The van der Waals surface area contributed by atoms with Gasteiger partial charge in [-0.25, -0.2) is 4.98 Å². The van der Waals surface area contributed by atoms with Gasteiger partial charge in [-0.2, -0.15) is 9.78 Å². The van der Waals surface area contributed by atoms with Crippen LogP contribution in [0.3, 0.4) is 0 Å². The second-order valence-corrected chi connectivity index (χ2v) is 10.5. The highest BCUT2D eigenvalue weighted by atomic mass is 79.9. The maximum absolute atomic E-state index is 13.3. The Kier molecular flexibility index (Phi) is 8.18. The van der Waals surface area contributed by atoms with Crippen molar-refractivity contribution in [2.24, 2.45) is 5.10 Å². The van der Waals surface area contributed by atoms with Crippen LogP contribution in [0.15, 0.2) is 62.9 Å². The summed E-state index contributed by atoms with van der Waals surface area (Å²) in [7, 11) is 0. The van der Waals surface area contributed by atoms with Crippen LogP contribution in [0, 0.1) is 10.1 Å². The van der Waals surface area contributed by atoms with Crippen molar-refractivity contribution in [2.75, 3.05) is 0 Å². The molecule has 190 valence electrons. The molecule has 0 amide bonds. The number of benzene rings is 3. The zero-order valence-corrected chi connectivity index (χ0v) is 23.3. The van der Waals surface area contributed by atoms with Gasteiger partial charge in [0.15, 0.2) is 0 Å². The summed E-state index contributed by atoms with van der Waals surface area (Å²) in [5, 5.41) is 17.3. The van der Waals surface area contributed by atoms with Crippen LogP contribution in [-0.2, 0) is 6.61 Å². The van der Waals surface area contributed by atoms with Gasteiger partial charge in [0.1, 0.15) is 12.4 Å². The molecule has 12 heteroatoms. The number of hydrogen-bond donors (Lipinski definition) is 0. The molecule has 0 radical (unpaired) electrons. The van der Waals surface area contributed by atoms with Crippen LogP contribution in [0.4, 0.5) is 5.69 Å². The number of rotatable bonds is 7. The van der Waals surface area contributed by atoms with E-state index >= 15 is 0 Å². The monoisotopic (exact) mass is 622 g/mol. The molecular weight excluding hydrogens is 607 g/mol. The first-order chi connectivity index (χ1) is 17.5. The molecule has 0 atom stereocenters. The van der Waals surface area contributed by atoms with E-state index in [1.165, 1.54) is 23.0 Å². The Morgan fingerprint density at radius 1 is 1.14 bits per heavy atom. The Morgan fingerprint density at radius 2 is 1.89 bits per heavy atom. The number of hydrogen-bond acceptors (Lipinski definition) is 6. The van der Waals surface area contributed by atoms with Gasteiger partial charge in [-0.3, -0.25) is 14.9 Å². The lowest BCUT2D eigenvalue weighted by Gasteiger charge is -2.13. The van der Waals surface area contributed by atoms with Crippen LogP contribution in [0.5, 0.6) is 5.75 Å². The van der Waals surface area contributed by atoms with Gasteiger partial charge in [0.25, 0.3) is 5.56 Å². The minimum Gasteiger partial charge on any atom is -0.481 e. The molecule has 8 nitrogen and oxygen atoms in total. The van der Waals surface area contributed by atoms with Gasteiger partial charge in [0.2, 0.25) is 5.75 Å². The summed E-state index contributed by atoms with van der Waals surface area (Å²) in [6.45, 7) is 3.73. The molecule has 0 saturated heterocycles. The lowest BCUT2D eigenvalue weighted by atomic mass is 10.1. The normalized spacial score (nSPS) is 11.5. The van der Waals surface area contributed by atoms with Crippen LogP contribution in [-0.4, -0.2) is 20.8 Å². The molecule has 0 aliphatic carbocycles. The van der Waals surface area contributed by atoms with Gasteiger partial charge in [-0.1, -0.05) is 70.6 Å². The summed E-state index contributed by atoms with van der Waals surface area (Å²) in [6, 6.07) is 12.8. The summed E-state index contributed by atoms with van der Waals surface area (Å²) >= 11 is 21.6. The molecular formula is C25H18BrCl3N4O4. The van der Waals surface area contributed by atoms with Crippen molar-refractivity contribution in [1.82, 2.24) is 9.66 Å². The van der Waals surface area contributed by atoms with Gasteiger partial charge < -0.3 is 4.74 Å². The lowest BCUT2D eigenvalue weighted by Crippen LogP contribution is -2.23. The zero-order chi connectivity index (χ0) is 26.9. The maximum Gasteiger partial charge on any atom is 0.313 e. The molecule has 4 rings (SSSR count). The van der Waals surface area contributed by atoms with Gasteiger partial charge in [-0.05, 0) is 42.0 Å². The Labute approximate surface area is 234 Å². The maximum atomic E-state index is 13.3. The minimum absolute atomic E-state index is 0.0387. The van der Waals surface area contributed by atoms with Crippen molar-refractivity contribution >= 4 is 73.5 Å². The molecule has 0 N–H and O–H groups in total. The zero-order valence-electron chi connectivity index (χ0n) is 19.4. The molecule has 0 spiro atoms. The summed E-state index contributed by atoms with van der Waals surface area (Å²) in [6.07, 6.45) is 1.29. The topological polar surface area (TPSA) is 99.6 Å².